The zero-order valence-corrected chi connectivity index (χ0v) is 29.0. The molecule has 4 rings (SSSR count). The van der Waals surface area contributed by atoms with E-state index in [0.29, 0.717) is 37.7 Å². The lowest BCUT2D eigenvalue weighted by Gasteiger charge is -2.29. The van der Waals surface area contributed by atoms with Gasteiger partial charge in [-0.15, -0.1) is 0 Å². The normalized spacial score (nSPS) is 20.3. The van der Waals surface area contributed by atoms with E-state index in [4.69, 9.17) is 24.4 Å². The molecule has 0 unspecified atom stereocenters. The smallest absolute Gasteiger partial charge is 0.330 e. The van der Waals surface area contributed by atoms with Crippen molar-refractivity contribution in [3.05, 3.63) is 66.2 Å². The Labute approximate surface area is 287 Å². The lowest BCUT2D eigenvalue weighted by atomic mass is 9.77. The molecule has 0 amide bonds. The molecule has 0 atom stereocenters. The van der Waals surface area contributed by atoms with E-state index in [1.165, 1.54) is 56.4 Å². The highest BCUT2D eigenvalue weighted by Gasteiger charge is 2.27. The van der Waals surface area contributed by atoms with Crippen LogP contribution in [0.25, 0.3) is 0 Å². The highest BCUT2D eigenvalue weighted by atomic mass is 16.5. The van der Waals surface area contributed by atoms with E-state index in [2.05, 4.69) is 25.6 Å². The largest absolute Gasteiger partial charge is 0.496 e. The Morgan fingerprint density at radius 3 is 2.15 bits per heavy atom. The number of carbonyl (C=O) groups is 3. The van der Waals surface area contributed by atoms with Gasteiger partial charge in [-0.1, -0.05) is 32.4 Å². The quantitative estimate of drug-likeness (QED) is 0.0450. The number of aldehydes is 1. The molecule has 0 bridgehead atoms. The number of nitrogens with one attached hydrogen (secondary N) is 1. The minimum atomic E-state index is -0.382. The van der Waals surface area contributed by atoms with Gasteiger partial charge in [-0.25, -0.2) is 4.79 Å². The minimum Gasteiger partial charge on any atom is -0.496 e. The molecule has 0 heterocycles. The molecule has 2 aromatic carbocycles. The fourth-order valence-corrected chi connectivity index (χ4v) is 6.59. The molecular weight excluding hydrogens is 606 g/mol. The number of ether oxygens (including phenoxy) is 4. The van der Waals surface area contributed by atoms with Gasteiger partial charge in [0.05, 0.1) is 26.2 Å². The molecule has 2 aromatic rings. The minimum absolute atomic E-state index is 0.0882. The molecule has 262 valence electrons. The maximum absolute atomic E-state index is 12.2. The predicted octanol–water partition coefficient (Wildman–Crippen LogP) is 9.03. The van der Waals surface area contributed by atoms with Crippen molar-refractivity contribution < 1.29 is 33.3 Å². The predicted molar refractivity (Wildman–Crippen MR) is 189 cm³/mol. The third kappa shape index (κ3) is 13.3. The van der Waals surface area contributed by atoms with Crippen LogP contribution in [0.3, 0.4) is 0 Å². The van der Waals surface area contributed by atoms with Crippen molar-refractivity contribution in [2.24, 2.45) is 17.8 Å². The first-order valence-corrected chi connectivity index (χ1v) is 17.8. The topological polar surface area (TPSA) is 112 Å². The number of hydrogen-bond donors (Lipinski definition) is 1. The van der Waals surface area contributed by atoms with Crippen LogP contribution in [0.15, 0.2) is 55.1 Å². The van der Waals surface area contributed by atoms with Gasteiger partial charge in [-0.05, 0) is 131 Å². The fourth-order valence-electron chi connectivity index (χ4n) is 6.59. The molecule has 8 nitrogen and oxygen atoms in total. The van der Waals surface area contributed by atoms with Crippen molar-refractivity contribution in [2.75, 3.05) is 20.3 Å². The lowest BCUT2D eigenvalue weighted by molar-refractivity contribution is -0.140. The summed E-state index contributed by atoms with van der Waals surface area (Å²) in [5.41, 5.74) is 2.28. The molecule has 48 heavy (non-hydrogen) atoms. The Kier molecular flexibility index (Phi) is 17.5. The average molecular weight is 662 g/mol. The maximum Gasteiger partial charge on any atom is 0.330 e. The van der Waals surface area contributed by atoms with E-state index in [9.17, 15) is 14.4 Å². The first-order chi connectivity index (χ1) is 23.4. The van der Waals surface area contributed by atoms with E-state index in [1.54, 1.807) is 31.4 Å². The Hall–Kier alpha value is -3.94. The van der Waals surface area contributed by atoms with Crippen LogP contribution in [0.1, 0.15) is 114 Å². The van der Waals surface area contributed by atoms with Crippen LogP contribution in [0, 0.1) is 23.2 Å². The Morgan fingerprint density at radius 2 is 1.54 bits per heavy atom. The zero-order valence-electron chi connectivity index (χ0n) is 29.0. The molecule has 0 aliphatic heterocycles. The van der Waals surface area contributed by atoms with Crippen molar-refractivity contribution in [2.45, 2.75) is 103 Å². The highest BCUT2D eigenvalue weighted by Crippen LogP contribution is 2.38. The number of carbonyl (C=O) groups excluding carboxylic acids is 3. The number of benzene rings is 2. The summed E-state index contributed by atoms with van der Waals surface area (Å²) in [5.74, 6) is 3.03. The Morgan fingerprint density at radius 1 is 0.875 bits per heavy atom. The van der Waals surface area contributed by atoms with E-state index in [0.717, 1.165) is 67.8 Å². The standard InChI is InChI=1S/C23H30O6.C17H25NO/c1-2-22(25)28-16-6-4-3-5-15-27-20-11-13-21(14-12-20)29-23(26)19-9-7-18(17-24)8-10-19;1-3-4-13-5-7-14(8-6-13)15-9-10-17(19-2)16(11-15)12-18/h2,11-14,17-19H,1,3-10,15-16H2;9-14,18H,3-8H2,1-2H3. The number of rotatable bonds is 17. The molecule has 0 spiro atoms. The van der Waals surface area contributed by atoms with E-state index in [-0.39, 0.29) is 23.8 Å². The second kappa shape index (κ2) is 21.8. The van der Waals surface area contributed by atoms with Crippen LogP contribution in [-0.4, -0.2) is 44.8 Å². The second-order valence-electron chi connectivity index (χ2n) is 12.9. The SMILES string of the molecule is C=CC(=O)OCCCCCCOc1ccc(OC(=O)C2CCC(C=O)CC2)cc1.CCCC1CCC(c2ccc(OC)c(C=N)c2)CC1. The average Bonchev–Trinajstić information content (AvgIpc) is 3.13. The van der Waals surface area contributed by atoms with Gasteiger partial charge in [0.1, 0.15) is 23.5 Å². The first kappa shape index (κ1) is 38.5. The van der Waals surface area contributed by atoms with Crippen LogP contribution in [-0.2, 0) is 19.1 Å². The van der Waals surface area contributed by atoms with Gasteiger partial charge < -0.3 is 29.2 Å². The maximum atomic E-state index is 12.2. The second-order valence-corrected chi connectivity index (χ2v) is 12.9. The molecule has 8 heteroatoms. The van der Waals surface area contributed by atoms with Crippen LogP contribution < -0.4 is 14.2 Å². The molecule has 0 aromatic heterocycles. The van der Waals surface area contributed by atoms with Crippen molar-refractivity contribution >= 4 is 24.4 Å². The Bertz CT molecular complexity index is 1270. The summed E-state index contributed by atoms with van der Waals surface area (Å²) in [7, 11) is 1.66. The van der Waals surface area contributed by atoms with Crippen molar-refractivity contribution in [3.63, 3.8) is 0 Å². The lowest BCUT2D eigenvalue weighted by Crippen LogP contribution is -2.26. The van der Waals surface area contributed by atoms with Crippen LogP contribution >= 0.6 is 0 Å². The van der Waals surface area contributed by atoms with E-state index >= 15 is 0 Å². The Balaban J connectivity index is 0.000000284. The van der Waals surface area contributed by atoms with Crippen molar-refractivity contribution in [1.29, 1.82) is 5.41 Å². The third-order valence-corrected chi connectivity index (χ3v) is 9.48. The van der Waals surface area contributed by atoms with Gasteiger partial charge in [0, 0.05) is 23.8 Å². The fraction of sp³-hybridized carbons (Fsp3) is 0.550. The van der Waals surface area contributed by atoms with Gasteiger partial charge in [0.15, 0.2) is 0 Å². The molecule has 2 saturated carbocycles. The van der Waals surface area contributed by atoms with Crippen LogP contribution in [0.2, 0.25) is 0 Å². The molecule has 0 radical (unpaired) electrons. The molecule has 1 N–H and O–H groups in total. The molecule has 2 fully saturated rings. The summed E-state index contributed by atoms with van der Waals surface area (Å²) >= 11 is 0. The number of methoxy groups -OCH3 is 1. The molecule has 0 saturated heterocycles. The summed E-state index contributed by atoms with van der Waals surface area (Å²) in [4.78, 5) is 33.9. The molecule has 2 aliphatic carbocycles. The van der Waals surface area contributed by atoms with Gasteiger partial charge in [-0.3, -0.25) is 4.79 Å². The summed E-state index contributed by atoms with van der Waals surface area (Å²) in [5, 5.41) is 7.48. The number of hydrogen-bond acceptors (Lipinski definition) is 8. The summed E-state index contributed by atoms with van der Waals surface area (Å²) in [6.07, 6.45) is 18.2. The number of unbranched alkanes of at least 4 members (excludes halogenated alkanes) is 3. The van der Waals surface area contributed by atoms with Gasteiger partial charge in [-0.2, -0.15) is 0 Å². The van der Waals surface area contributed by atoms with Crippen molar-refractivity contribution in [1.82, 2.24) is 0 Å². The highest BCUT2D eigenvalue weighted by molar-refractivity contribution is 5.82. The summed E-state index contributed by atoms with van der Waals surface area (Å²) < 4.78 is 21.3. The molecular formula is C40H55NO7. The molecule has 2 aliphatic rings. The van der Waals surface area contributed by atoms with Crippen LogP contribution in [0.4, 0.5) is 0 Å². The monoisotopic (exact) mass is 661 g/mol. The van der Waals surface area contributed by atoms with Crippen LogP contribution in [0.5, 0.6) is 17.2 Å². The first-order valence-electron chi connectivity index (χ1n) is 17.8. The van der Waals surface area contributed by atoms with Gasteiger partial charge in [0.25, 0.3) is 0 Å². The third-order valence-electron chi connectivity index (χ3n) is 9.48. The summed E-state index contributed by atoms with van der Waals surface area (Å²) in [6.45, 7) is 6.66. The van der Waals surface area contributed by atoms with E-state index < -0.39 is 0 Å². The zero-order chi connectivity index (χ0) is 34.6. The van der Waals surface area contributed by atoms with E-state index in [1.807, 2.05) is 6.07 Å². The summed E-state index contributed by atoms with van der Waals surface area (Å²) in [6, 6.07) is 13.4. The van der Waals surface area contributed by atoms with Gasteiger partial charge in [0.2, 0.25) is 0 Å². The number of esters is 2. The van der Waals surface area contributed by atoms with Crippen molar-refractivity contribution in [3.8, 4) is 17.2 Å². The van der Waals surface area contributed by atoms with Gasteiger partial charge >= 0.3 is 11.9 Å².